The third kappa shape index (κ3) is 3.01. The van der Waals surface area contributed by atoms with Crippen LogP contribution >= 0.6 is 23.4 Å². The van der Waals surface area contributed by atoms with Crippen molar-refractivity contribution in [3.8, 4) is 0 Å². The lowest BCUT2D eigenvalue weighted by Gasteiger charge is -2.10. The number of aromatic amines is 1. The molecule has 0 spiro atoms. The number of nitrogens with zero attached hydrogens (tertiary/aromatic N) is 3. The molecule has 2 aromatic rings. The topological polar surface area (TPSA) is 66.5 Å². The third-order valence-corrected chi connectivity index (χ3v) is 3.74. The van der Waals surface area contributed by atoms with Crippen LogP contribution in [0.25, 0.3) is 11.0 Å². The molecular weight excluding hydrogens is 258 g/mol. The number of thioether (sulfide) groups is 1. The van der Waals surface area contributed by atoms with Gasteiger partial charge in [0.25, 0.3) is 0 Å². The van der Waals surface area contributed by atoms with Crippen LogP contribution in [0.1, 0.15) is 13.3 Å². The first-order valence-electron chi connectivity index (χ1n) is 5.34. The Morgan fingerprint density at radius 3 is 3.12 bits per heavy atom. The summed E-state index contributed by atoms with van der Waals surface area (Å²) in [6.07, 6.45) is 4.88. The van der Waals surface area contributed by atoms with Crippen LogP contribution in [0, 0.1) is 0 Å². The first-order chi connectivity index (χ1) is 8.20. The van der Waals surface area contributed by atoms with Gasteiger partial charge in [-0.3, -0.25) is 5.10 Å². The summed E-state index contributed by atoms with van der Waals surface area (Å²) in [4.78, 5) is 8.22. The Morgan fingerprint density at radius 2 is 2.35 bits per heavy atom. The van der Waals surface area contributed by atoms with E-state index in [1.807, 2.05) is 11.8 Å². The van der Waals surface area contributed by atoms with Crippen molar-refractivity contribution in [2.75, 3.05) is 18.1 Å². The highest BCUT2D eigenvalue weighted by molar-refractivity contribution is 7.99. The van der Waals surface area contributed by atoms with Crippen molar-refractivity contribution < 1.29 is 0 Å². The predicted octanol–water partition coefficient (Wildman–Crippen LogP) is 2.56. The molecule has 92 valence electrons. The highest BCUT2D eigenvalue weighted by atomic mass is 35.5. The highest BCUT2D eigenvalue weighted by Gasteiger charge is 2.08. The van der Waals surface area contributed by atoms with Crippen LogP contribution in [0.4, 0.5) is 5.82 Å². The van der Waals surface area contributed by atoms with E-state index in [0.717, 1.165) is 24.2 Å². The number of fused-ring (bicyclic) bond motifs is 1. The number of aromatic nitrogens is 4. The molecule has 2 rings (SSSR count). The van der Waals surface area contributed by atoms with Crippen LogP contribution in [-0.4, -0.2) is 38.2 Å². The highest BCUT2D eigenvalue weighted by Crippen LogP contribution is 2.20. The summed E-state index contributed by atoms with van der Waals surface area (Å²) in [5.74, 6) is 0.738. The Morgan fingerprint density at radius 1 is 1.53 bits per heavy atom. The molecule has 0 aliphatic rings. The van der Waals surface area contributed by atoms with Gasteiger partial charge in [-0.05, 0) is 24.3 Å². The lowest BCUT2D eigenvalue weighted by Crippen LogP contribution is -2.09. The minimum atomic E-state index is 0.224. The summed E-state index contributed by atoms with van der Waals surface area (Å²) >= 11 is 7.69. The molecule has 0 radical (unpaired) electrons. The fourth-order valence-electron chi connectivity index (χ4n) is 1.45. The van der Waals surface area contributed by atoms with E-state index in [2.05, 4.69) is 38.7 Å². The standard InChI is InChI=1S/C10H14ClN5S/c1-6(17-2)3-4-12-8-7-5-13-16-9(7)15-10(11)14-8/h5-6H,3-4H2,1-2H3,(H2,12,13,14,15,16). The van der Waals surface area contributed by atoms with Gasteiger partial charge in [-0.2, -0.15) is 26.8 Å². The first-order valence-corrected chi connectivity index (χ1v) is 7.00. The quantitative estimate of drug-likeness (QED) is 0.818. The van der Waals surface area contributed by atoms with Crippen LogP contribution < -0.4 is 5.32 Å². The van der Waals surface area contributed by atoms with Gasteiger partial charge in [0, 0.05) is 11.8 Å². The summed E-state index contributed by atoms with van der Waals surface area (Å²) in [5.41, 5.74) is 0.658. The fraction of sp³-hybridized carbons (Fsp3) is 0.500. The number of anilines is 1. The molecule has 7 heteroatoms. The molecule has 0 amide bonds. The molecule has 2 aromatic heterocycles. The minimum Gasteiger partial charge on any atom is -0.369 e. The second-order valence-corrected chi connectivity index (χ2v) is 5.35. The average Bonchev–Trinajstić information content (AvgIpc) is 2.76. The van der Waals surface area contributed by atoms with Gasteiger partial charge in [-0.1, -0.05) is 6.92 Å². The van der Waals surface area contributed by atoms with E-state index in [1.165, 1.54) is 0 Å². The van der Waals surface area contributed by atoms with Gasteiger partial charge in [-0.25, -0.2) is 0 Å². The fourth-order valence-corrected chi connectivity index (χ4v) is 1.98. The lowest BCUT2D eigenvalue weighted by atomic mass is 10.3. The Balaban J connectivity index is 2.09. The van der Waals surface area contributed by atoms with Crippen LogP contribution in [0.3, 0.4) is 0 Å². The van der Waals surface area contributed by atoms with E-state index in [-0.39, 0.29) is 5.28 Å². The van der Waals surface area contributed by atoms with Crippen molar-refractivity contribution in [3.63, 3.8) is 0 Å². The molecule has 1 atom stereocenters. The van der Waals surface area contributed by atoms with E-state index in [1.54, 1.807) is 6.20 Å². The van der Waals surface area contributed by atoms with Gasteiger partial charge in [-0.15, -0.1) is 0 Å². The van der Waals surface area contributed by atoms with Crippen molar-refractivity contribution in [2.24, 2.45) is 0 Å². The maximum absolute atomic E-state index is 5.84. The summed E-state index contributed by atoms with van der Waals surface area (Å²) in [6, 6.07) is 0. The van der Waals surface area contributed by atoms with Crippen LogP contribution in [-0.2, 0) is 0 Å². The molecule has 0 aromatic carbocycles. The van der Waals surface area contributed by atoms with Gasteiger partial charge < -0.3 is 5.32 Å². The summed E-state index contributed by atoms with van der Waals surface area (Å²) < 4.78 is 0. The monoisotopic (exact) mass is 271 g/mol. The molecule has 0 bridgehead atoms. The number of hydrogen-bond donors (Lipinski definition) is 2. The van der Waals surface area contributed by atoms with Gasteiger partial charge in [0.1, 0.15) is 5.82 Å². The van der Waals surface area contributed by atoms with Gasteiger partial charge >= 0.3 is 0 Å². The molecule has 2 heterocycles. The number of rotatable bonds is 5. The SMILES string of the molecule is CSC(C)CCNc1nc(Cl)nc2[nH]ncc12. The van der Waals surface area contributed by atoms with E-state index < -0.39 is 0 Å². The lowest BCUT2D eigenvalue weighted by molar-refractivity contribution is 0.850. The van der Waals surface area contributed by atoms with E-state index in [4.69, 9.17) is 11.6 Å². The van der Waals surface area contributed by atoms with Crippen molar-refractivity contribution in [1.82, 2.24) is 20.2 Å². The molecule has 0 aliphatic heterocycles. The first kappa shape index (κ1) is 12.4. The van der Waals surface area contributed by atoms with Crippen LogP contribution in [0.15, 0.2) is 6.20 Å². The summed E-state index contributed by atoms with van der Waals surface area (Å²) in [7, 11) is 0. The maximum Gasteiger partial charge on any atom is 0.226 e. The molecule has 0 saturated carbocycles. The summed E-state index contributed by atoms with van der Waals surface area (Å²) in [5, 5.41) is 11.7. The number of halogens is 1. The minimum absolute atomic E-state index is 0.224. The Bertz CT molecular complexity index is 500. The second kappa shape index (κ2) is 5.55. The van der Waals surface area contributed by atoms with Crippen molar-refractivity contribution >= 4 is 40.2 Å². The smallest absolute Gasteiger partial charge is 0.226 e. The number of nitrogens with one attached hydrogen (secondary N) is 2. The normalized spacial score (nSPS) is 12.9. The zero-order valence-corrected chi connectivity index (χ0v) is 11.3. The molecule has 0 aliphatic carbocycles. The van der Waals surface area contributed by atoms with Gasteiger partial charge in [0.15, 0.2) is 5.65 Å². The second-order valence-electron chi connectivity index (χ2n) is 3.74. The molecule has 5 nitrogen and oxygen atoms in total. The molecule has 17 heavy (non-hydrogen) atoms. The Kier molecular flexibility index (Phi) is 4.06. The third-order valence-electron chi connectivity index (χ3n) is 2.53. The van der Waals surface area contributed by atoms with Crippen LogP contribution in [0.5, 0.6) is 0 Å². The number of hydrogen-bond acceptors (Lipinski definition) is 5. The van der Waals surface area contributed by atoms with Crippen molar-refractivity contribution in [3.05, 3.63) is 11.5 Å². The Hall–Kier alpha value is -1.01. The van der Waals surface area contributed by atoms with Crippen molar-refractivity contribution in [2.45, 2.75) is 18.6 Å². The van der Waals surface area contributed by atoms with Gasteiger partial charge in [0.2, 0.25) is 5.28 Å². The van der Waals surface area contributed by atoms with Crippen molar-refractivity contribution in [1.29, 1.82) is 0 Å². The van der Waals surface area contributed by atoms with Crippen LogP contribution in [0.2, 0.25) is 5.28 Å². The molecular formula is C10H14ClN5S. The maximum atomic E-state index is 5.84. The van der Waals surface area contributed by atoms with E-state index in [9.17, 15) is 0 Å². The molecule has 0 fully saturated rings. The zero-order chi connectivity index (χ0) is 12.3. The summed E-state index contributed by atoms with van der Waals surface area (Å²) in [6.45, 7) is 3.06. The Labute approximate surface area is 109 Å². The molecule has 2 N–H and O–H groups in total. The average molecular weight is 272 g/mol. The zero-order valence-electron chi connectivity index (χ0n) is 9.70. The molecule has 1 unspecified atom stereocenters. The molecule has 0 saturated heterocycles. The van der Waals surface area contributed by atoms with Gasteiger partial charge in [0.05, 0.1) is 11.6 Å². The van der Waals surface area contributed by atoms with E-state index >= 15 is 0 Å². The largest absolute Gasteiger partial charge is 0.369 e. The number of H-pyrrole nitrogens is 1. The van der Waals surface area contributed by atoms with E-state index in [0.29, 0.717) is 10.9 Å². The predicted molar refractivity (Wildman–Crippen MR) is 72.8 cm³/mol.